The van der Waals surface area contributed by atoms with E-state index in [4.69, 9.17) is 19.2 Å². The number of ether oxygens (including phenoxy) is 2. The molecule has 0 N–H and O–H groups in total. The highest BCUT2D eigenvalue weighted by molar-refractivity contribution is 7.85. The highest BCUT2D eigenvalue weighted by atomic mass is 32.2. The minimum atomic E-state index is -3.60. The molecule has 0 aromatic heterocycles. The Labute approximate surface area is 128 Å². The van der Waals surface area contributed by atoms with Crippen molar-refractivity contribution in [3.05, 3.63) is 46.3 Å². The number of rotatable bonds is 6. The Morgan fingerprint density at radius 2 is 2.00 bits per heavy atom. The van der Waals surface area contributed by atoms with Crippen LogP contribution in [0.15, 0.2) is 35.4 Å². The first-order valence-electron chi connectivity index (χ1n) is 6.58. The zero-order valence-electron chi connectivity index (χ0n) is 12.1. The number of azide groups is 1. The molecule has 1 aliphatic rings. The van der Waals surface area contributed by atoms with Gasteiger partial charge in [0.2, 0.25) is 0 Å². The number of hydrogen-bond acceptors (Lipinski definition) is 6. The van der Waals surface area contributed by atoms with Gasteiger partial charge in [0, 0.05) is 22.4 Å². The largest absolute Gasteiger partial charge is 0.348 e. The summed E-state index contributed by atoms with van der Waals surface area (Å²) < 4.78 is 38.5. The van der Waals surface area contributed by atoms with Crippen molar-refractivity contribution in [3.8, 4) is 0 Å². The highest BCUT2D eigenvalue weighted by Gasteiger charge is 2.38. The second-order valence-corrected chi connectivity index (χ2v) is 6.86. The van der Waals surface area contributed by atoms with Gasteiger partial charge in [-0.05, 0) is 5.53 Å². The van der Waals surface area contributed by atoms with Gasteiger partial charge in [0.05, 0.1) is 26.1 Å². The lowest BCUT2D eigenvalue weighted by Crippen LogP contribution is -2.45. The maximum atomic E-state index is 11.2. The van der Waals surface area contributed by atoms with E-state index in [1.54, 1.807) is 0 Å². The van der Waals surface area contributed by atoms with Gasteiger partial charge in [-0.15, -0.1) is 0 Å². The van der Waals surface area contributed by atoms with Crippen molar-refractivity contribution in [2.75, 3.05) is 32.6 Å². The van der Waals surface area contributed by atoms with Crippen molar-refractivity contribution >= 4 is 10.1 Å². The summed E-state index contributed by atoms with van der Waals surface area (Å²) in [6.45, 7) is 0.203. The molecule has 1 fully saturated rings. The van der Waals surface area contributed by atoms with Crippen LogP contribution in [0.25, 0.3) is 10.4 Å². The maximum Gasteiger partial charge on any atom is 0.264 e. The van der Waals surface area contributed by atoms with Gasteiger partial charge in [-0.3, -0.25) is 4.18 Å². The monoisotopic (exact) mass is 327 g/mol. The maximum absolute atomic E-state index is 11.2. The van der Waals surface area contributed by atoms with E-state index in [9.17, 15) is 8.42 Å². The average Bonchev–Trinajstić information content (AvgIpc) is 2.52. The smallest absolute Gasteiger partial charge is 0.264 e. The molecule has 0 radical (unpaired) electrons. The van der Waals surface area contributed by atoms with E-state index in [0.29, 0.717) is 0 Å². The van der Waals surface area contributed by atoms with Crippen LogP contribution in [0.3, 0.4) is 0 Å². The molecule has 8 nitrogen and oxygen atoms in total. The van der Waals surface area contributed by atoms with Crippen molar-refractivity contribution < 1.29 is 22.1 Å². The lowest BCUT2D eigenvalue weighted by molar-refractivity contribution is -0.236. The Balaban J connectivity index is 2.05. The molecule has 0 saturated carbocycles. The second kappa shape index (κ2) is 7.08. The van der Waals surface area contributed by atoms with Crippen LogP contribution in [0.2, 0.25) is 0 Å². The molecule has 0 aliphatic carbocycles. The van der Waals surface area contributed by atoms with Crippen molar-refractivity contribution in [2.45, 2.75) is 6.29 Å². The third-order valence-corrected chi connectivity index (χ3v) is 3.75. The molecular weight excluding hydrogens is 310 g/mol. The Kier molecular flexibility index (Phi) is 5.38. The van der Waals surface area contributed by atoms with Gasteiger partial charge in [0.25, 0.3) is 10.1 Å². The van der Waals surface area contributed by atoms with Gasteiger partial charge in [-0.1, -0.05) is 35.4 Å². The fourth-order valence-corrected chi connectivity index (χ4v) is 2.50. The predicted octanol–water partition coefficient (Wildman–Crippen LogP) is 2.00. The molecule has 1 aromatic carbocycles. The summed E-state index contributed by atoms with van der Waals surface area (Å²) in [6.07, 6.45) is 0.435. The van der Waals surface area contributed by atoms with Gasteiger partial charge >= 0.3 is 0 Å². The predicted molar refractivity (Wildman–Crippen MR) is 78.3 cm³/mol. The first kappa shape index (κ1) is 16.7. The van der Waals surface area contributed by atoms with Crippen LogP contribution in [-0.2, 0) is 23.8 Å². The molecule has 0 atom stereocenters. The molecule has 1 heterocycles. The van der Waals surface area contributed by atoms with Crippen LogP contribution in [0.4, 0.5) is 0 Å². The van der Waals surface area contributed by atoms with Crippen molar-refractivity contribution in [2.24, 2.45) is 10.5 Å². The third-order valence-electron chi connectivity index (χ3n) is 3.20. The number of hydrogen-bond donors (Lipinski definition) is 0. The molecule has 120 valence electrons. The van der Waals surface area contributed by atoms with E-state index in [-0.39, 0.29) is 26.4 Å². The van der Waals surface area contributed by atoms with E-state index in [0.717, 1.165) is 11.8 Å². The van der Waals surface area contributed by atoms with E-state index in [2.05, 4.69) is 10.0 Å². The molecule has 1 aromatic rings. The van der Waals surface area contributed by atoms with Gasteiger partial charge in [-0.2, -0.15) is 8.42 Å². The second-order valence-electron chi connectivity index (χ2n) is 5.22. The van der Waals surface area contributed by atoms with Crippen molar-refractivity contribution in [1.29, 1.82) is 0 Å². The standard InChI is InChI=1S/C13H17N3O5S/c1-22(17,18)21-10-13(7-15-16-14)8-19-12(20-9-13)11-5-3-2-4-6-11/h2-6,12H,7-10H2,1H3. The van der Waals surface area contributed by atoms with Crippen LogP contribution in [0, 0.1) is 5.41 Å². The highest BCUT2D eigenvalue weighted by Crippen LogP contribution is 2.32. The molecule has 0 amide bonds. The summed E-state index contributed by atoms with van der Waals surface area (Å²) in [5, 5.41) is 3.51. The molecule has 22 heavy (non-hydrogen) atoms. The van der Waals surface area contributed by atoms with Crippen LogP contribution in [0.1, 0.15) is 11.9 Å². The fourth-order valence-electron chi connectivity index (χ4n) is 2.03. The summed E-state index contributed by atoms with van der Waals surface area (Å²) >= 11 is 0. The van der Waals surface area contributed by atoms with E-state index >= 15 is 0 Å². The summed E-state index contributed by atoms with van der Waals surface area (Å²) in [7, 11) is -3.60. The van der Waals surface area contributed by atoms with Gasteiger partial charge in [0.1, 0.15) is 0 Å². The first-order chi connectivity index (χ1) is 10.4. The SMILES string of the molecule is CS(=O)(=O)OCC1(CN=[N+]=[N-])COC(c2ccccc2)OC1. The number of benzene rings is 1. The molecule has 0 unspecified atom stereocenters. The first-order valence-corrected chi connectivity index (χ1v) is 8.39. The zero-order chi connectivity index (χ0) is 16.1. The summed E-state index contributed by atoms with van der Waals surface area (Å²) in [5.41, 5.74) is 8.53. The Morgan fingerprint density at radius 3 is 2.55 bits per heavy atom. The normalized spacial score (nSPS) is 25.4. The molecule has 1 aliphatic heterocycles. The van der Waals surface area contributed by atoms with Crippen LogP contribution < -0.4 is 0 Å². The van der Waals surface area contributed by atoms with Crippen LogP contribution >= 0.6 is 0 Å². The zero-order valence-corrected chi connectivity index (χ0v) is 12.9. The summed E-state index contributed by atoms with van der Waals surface area (Å²) in [6, 6.07) is 9.38. The van der Waals surface area contributed by atoms with E-state index in [1.807, 2.05) is 30.3 Å². The van der Waals surface area contributed by atoms with Gasteiger partial charge in [-0.25, -0.2) is 0 Å². The molecule has 2 rings (SSSR count). The fraction of sp³-hybridized carbons (Fsp3) is 0.538. The lowest BCUT2D eigenvalue weighted by atomic mass is 9.90. The Hall–Kier alpha value is -1.64. The minimum Gasteiger partial charge on any atom is -0.348 e. The lowest BCUT2D eigenvalue weighted by Gasteiger charge is -2.38. The molecular formula is C13H17N3O5S. The van der Waals surface area contributed by atoms with E-state index in [1.165, 1.54) is 0 Å². The van der Waals surface area contributed by atoms with Crippen molar-refractivity contribution in [3.63, 3.8) is 0 Å². The third kappa shape index (κ3) is 4.69. The molecule has 0 spiro atoms. The van der Waals surface area contributed by atoms with Gasteiger partial charge < -0.3 is 9.47 Å². The van der Waals surface area contributed by atoms with Crippen LogP contribution in [0.5, 0.6) is 0 Å². The molecule has 0 bridgehead atoms. The minimum absolute atomic E-state index is 0.0283. The van der Waals surface area contributed by atoms with Crippen LogP contribution in [-0.4, -0.2) is 41.0 Å². The van der Waals surface area contributed by atoms with Crippen molar-refractivity contribution in [1.82, 2.24) is 0 Å². The van der Waals surface area contributed by atoms with Gasteiger partial charge in [0.15, 0.2) is 6.29 Å². The van der Waals surface area contributed by atoms with E-state index < -0.39 is 21.8 Å². The Morgan fingerprint density at radius 1 is 1.36 bits per heavy atom. The Bertz CT molecular complexity index is 635. The summed E-state index contributed by atoms with van der Waals surface area (Å²) in [4.78, 5) is 2.71. The topological polar surface area (TPSA) is 111 Å². The summed E-state index contributed by atoms with van der Waals surface area (Å²) in [5.74, 6) is 0. The quantitative estimate of drug-likeness (QED) is 0.343. The molecule has 1 saturated heterocycles. The average molecular weight is 327 g/mol. The number of nitrogens with zero attached hydrogens (tertiary/aromatic N) is 3. The molecule has 9 heteroatoms.